The van der Waals surface area contributed by atoms with Crippen molar-refractivity contribution in [3.8, 4) is 6.07 Å². The van der Waals surface area contributed by atoms with Gasteiger partial charge in [-0.15, -0.1) is 0 Å². The lowest BCUT2D eigenvalue weighted by Gasteiger charge is -2.01. The molecule has 1 aromatic heterocycles. The van der Waals surface area contributed by atoms with Gasteiger partial charge in [-0.1, -0.05) is 11.6 Å². The van der Waals surface area contributed by atoms with Gasteiger partial charge in [-0.05, 0) is 40.8 Å². The van der Waals surface area contributed by atoms with E-state index in [1.807, 2.05) is 6.07 Å². The Bertz CT molecular complexity index is 546. The first-order chi connectivity index (χ1) is 6.72. The Kier molecular flexibility index (Phi) is 2.57. The maximum atomic E-state index is 8.86. The summed E-state index contributed by atoms with van der Waals surface area (Å²) in [5, 5.41) is 10.3. The van der Waals surface area contributed by atoms with E-state index in [4.69, 9.17) is 16.9 Å². The first kappa shape index (κ1) is 9.69. The van der Waals surface area contributed by atoms with Crippen LogP contribution in [0.3, 0.4) is 0 Å². The van der Waals surface area contributed by atoms with E-state index in [9.17, 15) is 0 Å². The van der Waals surface area contributed by atoms with Gasteiger partial charge in [0.15, 0.2) is 0 Å². The van der Waals surface area contributed by atoms with E-state index in [1.54, 1.807) is 18.3 Å². The third-order valence-electron chi connectivity index (χ3n) is 1.88. The Morgan fingerprint density at radius 1 is 1.43 bits per heavy atom. The van der Waals surface area contributed by atoms with Gasteiger partial charge in [-0.25, -0.2) is 0 Å². The molecule has 0 saturated carbocycles. The zero-order chi connectivity index (χ0) is 10.1. The molecule has 1 aromatic carbocycles. The molecule has 2 aromatic rings. The van der Waals surface area contributed by atoms with Crippen LogP contribution in [0.4, 0.5) is 0 Å². The molecule has 2 rings (SSSR count). The predicted octanol–water partition coefficient (Wildman–Crippen LogP) is 3.36. The number of benzene rings is 1. The molecular formula is C10H4ClIN2. The minimum Gasteiger partial charge on any atom is -0.254 e. The van der Waals surface area contributed by atoms with Crippen LogP contribution < -0.4 is 0 Å². The highest BCUT2D eigenvalue weighted by Gasteiger charge is 2.05. The minimum absolute atomic E-state index is 0.556. The summed E-state index contributed by atoms with van der Waals surface area (Å²) in [5.41, 5.74) is 1.22. The molecule has 0 atom stereocenters. The number of halogens is 2. The van der Waals surface area contributed by atoms with E-state index in [-0.39, 0.29) is 0 Å². The van der Waals surface area contributed by atoms with Gasteiger partial charge in [0.2, 0.25) is 0 Å². The largest absolute Gasteiger partial charge is 0.254 e. The fourth-order valence-corrected chi connectivity index (χ4v) is 1.91. The SMILES string of the molecule is N#Cc1ccc(Cl)c2cc(I)cnc12. The zero-order valence-corrected chi connectivity index (χ0v) is 9.87. The van der Waals surface area contributed by atoms with Crippen LogP contribution in [0.1, 0.15) is 5.56 Å². The third-order valence-corrected chi connectivity index (χ3v) is 2.80. The molecule has 0 bridgehead atoms. The van der Waals surface area contributed by atoms with Crippen LogP contribution in [0.2, 0.25) is 5.02 Å². The van der Waals surface area contributed by atoms with Gasteiger partial charge in [-0.3, -0.25) is 4.98 Å². The second kappa shape index (κ2) is 3.71. The number of hydrogen-bond acceptors (Lipinski definition) is 2. The number of nitrogens with zero attached hydrogens (tertiary/aromatic N) is 2. The van der Waals surface area contributed by atoms with Gasteiger partial charge in [-0.2, -0.15) is 5.26 Å². The maximum absolute atomic E-state index is 8.86. The highest BCUT2D eigenvalue weighted by molar-refractivity contribution is 14.1. The molecule has 0 saturated heterocycles. The van der Waals surface area contributed by atoms with Crippen LogP contribution in [0.25, 0.3) is 10.9 Å². The molecular weight excluding hydrogens is 310 g/mol. The molecule has 0 unspecified atom stereocenters. The van der Waals surface area contributed by atoms with Gasteiger partial charge in [0.1, 0.15) is 6.07 Å². The van der Waals surface area contributed by atoms with Crippen LogP contribution in [-0.2, 0) is 0 Å². The Hall–Kier alpha value is -0.860. The lowest BCUT2D eigenvalue weighted by molar-refractivity contribution is 1.37. The summed E-state index contributed by atoms with van der Waals surface area (Å²) in [6.45, 7) is 0. The van der Waals surface area contributed by atoms with Crippen molar-refractivity contribution in [3.05, 3.63) is 38.6 Å². The van der Waals surface area contributed by atoms with Crippen molar-refractivity contribution in [2.24, 2.45) is 0 Å². The molecule has 0 fully saturated rings. The van der Waals surface area contributed by atoms with Gasteiger partial charge in [0, 0.05) is 15.2 Å². The van der Waals surface area contributed by atoms with Crippen molar-refractivity contribution in [1.29, 1.82) is 5.26 Å². The number of rotatable bonds is 0. The molecule has 0 aliphatic carbocycles. The first-order valence-corrected chi connectivity index (χ1v) is 5.32. The topological polar surface area (TPSA) is 36.7 Å². The summed E-state index contributed by atoms with van der Waals surface area (Å²) in [4.78, 5) is 4.20. The van der Waals surface area contributed by atoms with Crippen LogP contribution in [0, 0.1) is 14.9 Å². The van der Waals surface area contributed by atoms with E-state index >= 15 is 0 Å². The fourth-order valence-electron chi connectivity index (χ4n) is 1.25. The number of aromatic nitrogens is 1. The smallest absolute Gasteiger partial charge is 0.101 e. The van der Waals surface area contributed by atoms with Crippen LogP contribution in [0.5, 0.6) is 0 Å². The predicted molar refractivity (Wildman–Crippen MR) is 64.2 cm³/mol. The Morgan fingerprint density at radius 2 is 2.21 bits per heavy atom. The molecule has 0 aliphatic rings. The standard InChI is InChI=1S/C10H4ClIN2/c11-9-2-1-6(4-13)10-8(9)3-7(12)5-14-10/h1-3,5H. The van der Waals surface area contributed by atoms with Gasteiger partial charge in [0.25, 0.3) is 0 Å². The highest BCUT2D eigenvalue weighted by atomic mass is 127. The van der Waals surface area contributed by atoms with Crippen molar-refractivity contribution in [2.75, 3.05) is 0 Å². The summed E-state index contributed by atoms with van der Waals surface area (Å²) in [6.07, 6.45) is 1.72. The third kappa shape index (κ3) is 1.56. The summed E-state index contributed by atoms with van der Waals surface area (Å²) in [5.74, 6) is 0. The Morgan fingerprint density at radius 3 is 2.93 bits per heavy atom. The van der Waals surface area contributed by atoms with E-state index in [1.165, 1.54) is 0 Å². The zero-order valence-electron chi connectivity index (χ0n) is 6.96. The Labute approximate surface area is 99.7 Å². The molecule has 2 nitrogen and oxygen atoms in total. The van der Waals surface area contributed by atoms with E-state index in [0.29, 0.717) is 16.1 Å². The quantitative estimate of drug-likeness (QED) is 0.699. The average molecular weight is 315 g/mol. The molecule has 0 amide bonds. The number of hydrogen-bond donors (Lipinski definition) is 0. The van der Waals surface area contributed by atoms with Gasteiger partial charge >= 0.3 is 0 Å². The Balaban J connectivity index is 2.93. The van der Waals surface area contributed by atoms with Crippen molar-refractivity contribution in [2.45, 2.75) is 0 Å². The number of fused-ring (bicyclic) bond motifs is 1. The van der Waals surface area contributed by atoms with Gasteiger partial charge in [0.05, 0.1) is 16.1 Å². The molecule has 14 heavy (non-hydrogen) atoms. The van der Waals surface area contributed by atoms with Gasteiger partial charge < -0.3 is 0 Å². The van der Waals surface area contributed by atoms with Crippen molar-refractivity contribution < 1.29 is 0 Å². The van der Waals surface area contributed by atoms with Crippen LogP contribution in [-0.4, -0.2) is 4.98 Å². The highest BCUT2D eigenvalue weighted by Crippen LogP contribution is 2.25. The molecule has 0 aliphatic heterocycles. The van der Waals surface area contributed by atoms with Crippen LogP contribution in [0.15, 0.2) is 24.4 Å². The maximum Gasteiger partial charge on any atom is 0.101 e. The molecule has 1 heterocycles. The summed E-state index contributed by atoms with van der Waals surface area (Å²) >= 11 is 8.17. The van der Waals surface area contributed by atoms with E-state index < -0.39 is 0 Å². The van der Waals surface area contributed by atoms with Crippen molar-refractivity contribution >= 4 is 45.1 Å². The number of nitriles is 1. The molecule has 68 valence electrons. The first-order valence-electron chi connectivity index (χ1n) is 3.86. The second-order valence-electron chi connectivity index (χ2n) is 2.76. The monoisotopic (exact) mass is 314 g/mol. The lowest BCUT2D eigenvalue weighted by atomic mass is 10.1. The number of pyridine rings is 1. The summed E-state index contributed by atoms with van der Waals surface area (Å²) < 4.78 is 1.01. The molecule has 0 spiro atoms. The van der Waals surface area contributed by atoms with Crippen molar-refractivity contribution in [1.82, 2.24) is 4.98 Å². The molecule has 0 N–H and O–H groups in total. The summed E-state index contributed by atoms with van der Waals surface area (Å²) in [6, 6.07) is 7.42. The minimum atomic E-state index is 0.556. The van der Waals surface area contributed by atoms with E-state index in [2.05, 4.69) is 33.6 Å². The normalized spacial score (nSPS) is 10.1. The molecule has 4 heteroatoms. The average Bonchev–Trinajstić information content (AvgIpc) is 2.19. The lowest BCUT2D eigenvalue weighted by Crippen LogP contribution is -1.86. The second-order valence-corrected chi connectivity index (χ2v) is 4.41. The van der Waals surface area contributed by atoms with Crippen LogP contribution >= 0.6 is 34.2 Å². The summed E-state index contributed by atoms with van der Waals surface area (Å²) in [7, 11) is 0. The van der Waals surface area contributed by atoms with E-state index in [0.717, 1.165) is 8.96 Å². The molecule has 0 radical (unpaired) electrons. The fraction of sp³-hybridized carbons (Fsp3) is 0. The van der Waals surface area contributed by atoms with Crippen molar-refractivity contribution in [3.63, 3.8) is 0 Å².